The molecule has 1 aliphatic rings. The molecule has 1 aromatic carbocycles. The molecule has 3 N–H and O–H groups in total. The second-order valence-electron chi connectivity index (χ2n) is 5.32. The molecule has 3 nitrogen and oxygen atoms in total. The molecule has 116 valence electrons. The molecular weight excluding hydrogens is 288 g/mol. The van der Waals surface area contributed by atoms with Gasteiger partial charge in [-0.1, -0.05) is 0 Å². The second kappa shape index (κ2) is 5.91. The van der Waals surface area contributed by atoms with Crippen molar-refractivity contribution in [1.82, 2.24) is 0 Å². The van der Waals surface area contributed by atoms with Crippen LogP contribution >= 0.6 is 0 Å². The van der Waals surface area contributed by atoms with Gasteiger partial charge in [0, 0.05) is 11.6 Å². The Bertz CT molecular complexity index is 522. The number of halogens is 4. The number of alkyl halides is 3. The molecule has 0 radical (unpaired) electrons. The summed E-state index contributed by atoms with van der Waals surface area (Å²) >= 11 is 0. The minimum atomic E-state index is -4.19. The van der Waals surface area contributed by atoms with Crippen LogP contribution in [0.25, 0.3) is 0 Å². The van der Waals surface area contributed by atoms with E-state index in [1.165, 1.54) is 12.1 Å². The number of anilines is 2. The van der Waals surface area contributed by atoms with Gasteiger partial charge in [-0.3, -0.25) is 4.79 Å². The number of carbonyl (C=O) groups excluding carboxylic acids is 1. The van der Waals surface area contributed by atoms with E-state index in [9.17, 15) is 22.4 Å². The molecule has 0 bridgehead atoms. The van der Waals surface area contributed by atoms with Crippen LogP contribution in [0.5, 0.6) is 0 Å². The van der Waals surface area contributed by atoms with Gasteiger partial charge in [0.05, 0.1) is 11.6 Å². The molecule has 1 amide bonds. The lowest BCUT2D eigenvalue weighted by molar-refractivity contribution is -0.184. The molecule has 1 aromatic rings. The SMILES string of the molecule is Nc1ccc(NC(=O)C2CCC(C(F)(F)F)CC2)cc1F. The third-order valence-corrected chi connectivity index (χ3v) is 3.83. The number of benzene rings is 1. The smallest absolute Gasteiger partial charge is 0.391 e. The fourth-order valence-electron chi connectivity index (χ4n) is 2.53. The Kier molecular flexibility index (Phi) is 4.39. The van der Waals surface area contributed by atoms with E-state index in [2.05, 4.69) is 5.32 Å². The van der Waals surface area contributed by atoms with Crippen molar-refractivity contribution in [3.63, 3.8) is 0 Å². The first-order valence-corrected chi connectivity index (χ1v) is 6.70. The second-order valence-corrected chi connectivity index (χ2v) is 5.32. The Balaban J connectivity index is 1.92. The minimum Gasteiger partial charge on any atom is -0.396 e. The molecule has 7 heteroatoms. The van der Waals surface area contributed by atoms with Gasteiger partial charge in [0.15, 0.2) is 0 Å². The van der Waals surface area contributed by atoms with Crippen LogP contribution in [0.1, 0.15) is 25.7 Å². The zero-order valence-corrected chi connectivity index (χ0v) is 11.2. The topological polar surface area (TPSA) is 55.1 Å². The summed E-state index contributed by atoms with van der Waals surface area (Å²) in [5, 5.41) is 2.52. The number of hydrogen-bond donors (Lipinski definition) is 2. The quantitative estimate of drug-likeness (QED) is 0.646. The molecule has 21 heavy (non-hydrogen) atoms. The van der Waals surface area contributed by atoms with E-state index in [0.717, 1.165) is 6.07 Å². The summed E-state index contributed by atoms with van der Waals surface area (Å²) in [5.41, 5.74) is 5.55. The number of nitrogen functional groups attached to an aromatic ring is 1. The lowest BCUT2D eigenvalue weighted by atomic mass is 9.81. The number of carbonyl (C=O) groups is 1. The third-order valence-electron chi connectivity index (χ3n) is 3.83. The van der Waals surface area contributed by atoms with E-state index < -0.39 is 23.8 Å². The van der Waals surface area contributed by atoms with E-state index in [-0.39, 0.29) is 43.0 Å². The average Bonchev–Trinajstić information content (AvgIpc) is 2.42. The molecule has 0 aromatic heterocycles. The first-order valence-electron chi connectivity index (χ1n) is 6.70. The van der Waals surface area contributed by atoms with Crippen LogP contribution < -0.4 is 11.1 Å². The average molecular weight is 304 g/mol. The number of hydrogen-bond acceptors (Lipinski definition) is 2. The highest BCUT2D eigenvalue weighted by molar-refractivity contribution is 5.92. The zero-order chi connectivity index (χ0) is 15.6. The Morgan fingerprint density at radius 2 is 1.81 bits per heavy atom. The van der Waals surface area contributed by atoms with E-state index in [0.29, 0.717) is 0 Å². The monoisotopic (exact) mass is 304 g/mol. The van der Waals surface area contributed by atoms with Crippen LogP contribution in [0.2, 0.25) is 0 Å². The summed E-state index contributed by atoms with van der Waals surface area (Å²) in [6.45, 7) is 0. The van der Waals surface area contributed by atoms with Crippen LogP contribution in [0, 0.1) is 17.7 Å². The molecule has 0 saturated heterocycles. The normalized spacial score (nSPS) is 22.9. The van der Waals surface area contributed by atoms with E-state index in [1.807, 2.05) is 0 Å². The van der Waals surface area contributed by atoms with Gasteiger partial charge in [-0.2, -0.15) is 13.2 Å². The van der Waals surface area contributed by atoms with E-state index in [4.69, 9.17) is 5.73 Å². The minimum absolute atomic E-state index is 0.0290. The Morgan fingerprint density at radius 1 is 1.19 bits per heavy atom. The van der Waals surface area contributed by atoms with Gasteiger partial charge in [-0.15, -0.1) is 0 Å². The maximum atomic E-state index is 13.3. The first-order chi connectivity index (χ1) is 9.77. The highest BCUT2D eigenvalue weighted by Gasteiger charge is 2.42. The van der Waals surface area contributed by atoms with Crippen molar-refractivity contribution in [2.75, 3.05) is 11.1 Å². The van der Waals surface area contributed by atoms with Crippen LogP contribution in [-0.4, -0.2) is 12.1 Å². The molecule has 1 saturated carbocycles. The van der Waals surface area contributed by atoms with E-state index in [1.54, 1.807) is 0 Å². The number of nitrogens with two attached hydrogens (primary N) is 1. The Morgan fingerprint density at radius 3 is 2.33 bits per heavy atom. The predicted octanol–water partition coefficient (Wildman–Crippen LogP) is 3.72. The Hall–Kier alpha value is -1.79. The van der Waals surface area contributed by atoms with Crippen LogP contribution in [-0.2, 0) is 4.79 Å². The number of amides is 1. The fourth-order valence-corrected chi connectivity index (χ4v) is 2.53. The van der Waals surface area contributed by atoms with Gasteiger partial charge in [-0.05, 0) is 43.9 Å². The predicted molar refractivity (Wildman–Crippen MR) is 70.9 cm³/mol. The maximum absolute atomic E-state index is 13.3. The Labute approximate surface area is 119 Å². The lowest BCUT2D eigenvalue weighted by Crippen LogP contribution is -2.32. The van der Waals surface area contributed by atoms with Gasteiger partial charge < -0.3 is 11.1 Å². The van der Waals surface area contributed by atoms with Crippen LogP contribution in [0.4, 0.5) is 28.9 Å². The molecule has 1 fully saturated rings. The third kappa shape index (κ3) is 3.86. The van der Waals surface area contributed by atoms with Crippen molar-refractivity contribution < 1.29 is 22.4 Å². The summed E-state index contributed by atoms with van der Waals surface area (Å²) in [7, 11) is 0. The zero-order valence-electron chi connectivity index (χ0n) is 11.2. The highest BCUT2D eigenvalue weighted by atomic mass is 19.4. The fraction of sp³-hybridized carbons (Fsp3) is 0.500. The summed E-state index contributed by atoms with van der Waals surface area (Å²) < 4.78 is 50.9. The van der Waals surface area contributed by atoms with Gasteiger partial charge in [-0.25, -0.2) is 4.39 Å². The number of nitrogens with one attached hydrogen (secondary N) is 1. The van der Waals surface area contributed by atoms with Crippen molar-refractivity contribution in [1.29, 1.82) is 0 Å². The highest BCUT2D eigenvalue weighted by Crippen LogP contribution is 2.39. The van der Waals surface area contributed by atoms with Crippen LogP contribution in [0.15, 0.2) is 18.2 Å². The van der Waals surface area contributed by atoms with Crippen LogP contribution in [0.3, 0.4) is 0 Å². The van der Waals surface area contributed by atoms with Gasteiger partial charge >= 0.3 is 6.18 Å². The lowest BCUT2D eigenvalue weighted by Gasteiger charge is -2.29. The van der Waals surface area contributed by atoms with Crippen molar-refractivity contribution >= 4 is 17.3 Å². The van der Waals surface area contributed by atoms with Crippen molar-refractivity contribution in [2.24, 2.45) is 11.8 Å². The maximum Gasteiger partial charge on any atom is 0.391 e. The standard InChI is InChI=1S/C14H16F4N2O/c15-11-7-10(5-6-12(11)19)20-13(21)8-1-3-9(4-2-8)14(16,17)18/h5-9H,1-4,19H2,(H,20,21). The molecule has 0 heterocycles. The number of rotatable bonds is 2. The summed E-state index contributed by atoms with van der Waals surface area (Å²) in [6.07, 6.45) is -3.90. The van der Waals surface area contributed by atoms with Crippen molar-refractivity contribution in [2.45, 2.75) is 31.9 Å². The van der Waals surface area contributed by atoms with Gasteiger partial charge in [0.25, 0.3) is 0 Å². The summed E-state index contributed by atoms with van der Waals surface area (Å²) in [6, 6.07) is 3.87. The molecule has 0 spiro atoms. The van der Waals surface area contributed by atoms with Crippen molar-refractivity contribution in [3.05, 3.63) is 24.0 Å². The molecule has 0 atom stereocenters. The first kappa shape index (κ1) is 15.6. The molecule has 0 aliphatic heterocycles. The summed E-state index contributed by atoms with van der Waals surface area (Å²) in [5.74, 6) is -2.81. The van der Waals surface area contributed by atoms with Crippen molar-refractivity contribution in [3.8, 4) is 0 Å². The largest absolute Gasteiger partial charge is 0.396 e. The van der Waals surface area contributed by atoms with Gasteiger partial charge in [0.1, 0.15) is 5.82 Å². The molecule has 2 rings (SSSR count). The van der Waals surface area contributed by atoms with E-state index >= 15 is 0 Å². The summed E-state index contributed by atoms with van der Waals surface area (Å²) in [4.78, 5) is 12.0. The van der Waals surface area contributed by atoms with Gasteiger partial charge in [0.2, 0.25) is 5.91 Å². The molecular formula is C14H16F4N2O. The molecule has 1 aliphatic carbocycles. The molecule has 0 unspecified atom stereocenters.